The maximum absolute atomic E-state index is 12.6. The van der Waals surface area contributed by atoms with Crippen LogP contribution < -0.4 is 10.6 Å². The van der Waals surface area contributed by atoms with Gasteiger partial charge < -0.3 is 10.5 Å². The number of amides is 2. The van der Waals surface area contributed by atoms with E-state index in [9.17, 15) is 9.59 Å². The van der Waals surface area contributed by atoms with Crippen molar-refractivity contribution in [3.8, 4) is 0 Å². The van der Waals surface area contributed by atoms with Crippen LogP contribution in [0.2, 0.25) is 10.0 Å². The van der Waals surface area contributed by atoms with Gasteiger partial charge in [-0.05, 0) is 25.0 Å². The van der Waals surface area contributed by atoms with Gasteiger partial charge in [-0.1, -0.05) is 23.2 Å². The third-order valence-corrected chi connectivity index (χ3v) is 5.32. The maximum Gasteiger partial charge on any atom is 0.240 e. The van der Waals surface area contributed by atoms with E-state index in [-0.39, 0.29) is 46.6 Å². The number of hydrogen-bond donors (Lipinski definition) is 1. The van der Waals surface area contributed by atoms with Gasteiger partial charge in [-0.15, -0.1) is 0 Å². The van der Waals surface area contributed by atoms with Crippen molar-refractivity contribution in [1.82, 2.24) is 0 Å². The number of ether oxygens (including phenoxy) is 1. The van der Waals surface area contributed by atoms with Gasteiger partial charge in [0, 0.05) is 0 Å². The molecule has 0 aliphatic carbocycles. The normalized spacial score (nSPS) is 33.9. The number of rotatable bonds is 1. The first-order valence-corrected chi connectivity index (χ1v) is 7.52. The molecule has 3 aliphatic rings. The van der Waals surface area contributed by atoms with E-state index in [1.54, 1.807) is 0 Å². The van der Waals surface area contributed by atoms with Crippen molar-refractivity contribution in [3.63, 3.8) is 0 Å². The van der Waals surface area contributed by atoms with E-state index < -0.39 is 0 Å². The minimum atomic E-state index is -0.384. The van der Waals surface area contributed by atoms with E-state index in [0.717, 1.165) is 17.7 Å². The molecule has 0 aromatic heterocycles. The number of nitrogens with zero attached hydrogens (tertiary/aromatic N) is 1. The SMILES string of the molecule is Nc1cc(Cl)c(Cl)cc1N1C(=O)C2C3CCC(O3)C2C1=O. The van der Waals surface area contributed by atoms with Gasteiger partial charge in [0.05, 0.1) is 45.5 Å². The van der Waals surface area contributed by atoms with Crippen LogP contribution in [-0.4, -0.2) is 24.0 Å². The smallest absolute Gasteiger partial charge is 0.240 e. The lowest BCUT2D eigenvalue weighted by molar-refractivity contribution is -0.124. The van der Waals surface area contributed by atoms with Crippen LogP contribution in [0.15, 0.2) is 12.1 Å². The molecule has 1 aromatic carbocycles. The molecule has 21 heavy (non-hydrogen) atoms. The summed E-state index contributed by atoms with van der Waals surface area (Å²) in [7, 11) is 0. The zero-order chi connectivity index (χ0) is 14.9. The van der Waals surface area contributed by atoms with E-state index in [2.05, 4.69) is 0 Å². The van der Waals surface area contributed by atoms with Crippen molar-refractivity contribution in [2.24, 2.45) is 11.8 Å². The number of hydrogen-bond acceptors (Lipinski definition) is 4. The molecule has 3 fully saturated rings. The predicted molar refractivity (Wildman–Crippen MR) is 78.2 cm³/mol. The lowest BCUT2D eigenvalue weighted by Crippen LogP contribution is -2.34. The minimum Gasteiger partial charge on any atom is -0.397 e. The molecule has 0 radical (unpaired) electrons. The highest BCUT2D eigenvalue weighted by molar-refractivity contribution is 6.42. The molecule has 110 valence electrons. The zero-order valence-electron chi connectivity index (χ0n) is 10.9. The van der Waals surface area contributed by atoms with Crippen LogP contribution in [-0.2, 0) is 14.3 Å². The van der Waals surface area contributed by atoms with E-state index in [0.29, 0.717) is 10.7 Å². The fourth-order valence-corrected chi connectivity index (χ4v) is 4.02. The molecule has 4 unspecified atom stereocenters. The average Bonchev–Trinajstić information content (AvgIpc) is 3.09. The number of nitrogen functional groups attached to an aromatic ring is 1. The Bertz CT molecular complexity index is 650. The summed E-state index contributed by atoms with van der Waals surface area (Å²) in [4.78, 5) is 26.4. The monoisotopic (exact) mass is 326 g/mol. The summed E-state index contributed by atoms with van der Waals surface area (Å²) in [6.07, 6.45) is 1.36. The molecule has 3 aliphatic heterocycles. The van der Waals surface area contributed by atoms with Crippen LogP contribution in [0.5, 0.6) is 0 Å². The minimum absolute atomic E-state index is 0.148. The van der Waals surface area contributed by atoms with Gasteiger partial charge in [0.15, 0.2) is 0 Å². The molecule has 1 aromatic rings. The number of nitrogens with two attached hydrogens (primary N) is 1. The standard InChI is InChI=1S/C14H12Cl2N2O3/c15-5-3-7(17)8(4-6(5)16)18-13(19)11-9-1-2-10(21-9)12(11)14(18)20/h3-4,9-12H,1-2,17H2. The molecule has 2 N–H and O–H groups in total. The van der Waals surface area contributed by atoms with Gasteiger partial charge in [0.1, 0.15) is 0 Å². The van der Waals surface area contributed by atoms with Gasteiger partial charge in [-0.25, -0.2) is 4.90 Å². The van der Waals surface area contributed by atoms with E-state index in [1.165, 1.54) is 12.1 Å². The first kappa shape index (κ1) is 13.4. The van der Waals surface area contributed by atoms with Crippen molar-refractivity contribution in [2.45, 2.75) is 25.0 Å². The van der Waals surface area contributed by atoms with Crippen LogP contribution in [0.4, 0.5) is 11.4 Å². The number of carbonyl (C=O) groups is 2. The highest BCUT2D eigenvalue weighted by atomic mass is 35.5. The second kappa shape index (κ2) is 4.35. The Hall–Kier alpha value is -1.30. The summed E-state index contributed by atoms with van der Waals surface area (Å²) in [6, 6.07) is 2.93. The van der Waals surface area contributed by atoms with Gasteiger partial charge in [-0.2, -0.15) is 0 Å². The summed E-state index contributed by atoms with van der Waals surface area (Å²) < 4.78 is 5.69. The molecular formula is C14H12Cl2N2O3. The Morgan fingerprint density at radius 3 is 2.14 bits per heavy atom. The first-order valence-electron chi connectivity index (χ1n) is 6.77. The van der Waals surface area contributed by atoms with Crippen molar-refractivity contribution in [2.75, 3.05) is 10.6 Å². The summed E-state index contributed by atoms with van der Waals surface area (Å²) in [5.74, 6) is -1.26. The van der Waals surface area contributed by atoms with E-state index in [1.807, 2.05) is 0 Å². The second-order valence-corrected chi connectivity index (χ2v) is 6.49. The Kier molecular flexibility index (Phi) is 2.77. The fourth-order valence-electron chi connectivity index (χ4n) is 3.69. The molecule has 4 rings (SSSR count). The zero-order valence-corrected chi connectivity index (χ0v) is 12.4. The van der Waals surface area contributed by atoms with Crippen LogP contribution in [0, 0.1) is 11.8 Å². The van der Waals surface area contributed by atoms with Gasteiger partial charge >= 0.3 is 0 Å². The quantitative estimate of drug-likeness (QED) is 0.634. The number of anilines is 2. The van der Waals surface area contributed by atoms with Gasteiger partial charge in [-0.3, -0.25) is 9.59 Å². The van der Waals surface area contributed by atoms with Gasteiger partial charge in [0.25, 0.3) is 0 Å². The average molecular weight is 327 g/mol. The summed E-state index contributed by atoms with van der Waals surface area (Å²) in [5, 5.41) is 0.554. The molecule has 3 saturated heterocycles. The maximum atomic E-state index is 12.6. The predicted octanol–water partition coefficient (Wildman–Crippen LogP) is 2.24. The lowest BCUT2D eigenvalue weighted by atomic mass is 9.81. The van der Waals surface area contributed by atoms with Crippen LogP contribution in [0.3, 0.4) is 0 Å². The summed E-state index contributed by atoms with van der Waals surface area (Å²) >= 11 is 11.9. The highest BCUT2D eigenvalue weighted by Gasteiger charge is 2.62. The molecule has 4 atom stereocenters. The Balaban J connectivity index is 1.79. The van der Waals surface area contributed by atoms with Crippen LogP contribution in [0.1, 0.15) is 12.8 Å². The lowest BCUT2D eigenvalue weighted by Gasteiger charge is -2.19. The number of halogens is 2. The molecule has 7 heteroatoms. The molecule has 0 spiro atoms. The van der Waals surface area contributed by atoms with E-state index in [4.69, 9.17) is 33.7 Å². The fraction of sp³-hybridized carbons (Fsp3) is 0.429. The highest BCUT2D eigenvalue weighted by Crippen LogP contribution is 2.50. The Labute approximate surface area is 130 Å². The second-order valence-electron chi connectivity index (χ2n) is 5.68. The third kappa shape index (κ3) is 1.68. The third-order valence-electron chi connectivity index (χ3n) is 4.59. The molecule has 0 saturated carbocycles. The topological polar surface area (TPSA) is 72.6 Å². The van der Waals surface area contributed by atoms with Crippen molar-refractivity contribution in [1.29, 1.82) is 0 Å². The molecular weight excluding hydrogens is 315 g/mol. The number of carbonyl (C=O) groups excluding carboxylic acids is 2. The molecule has 2 amide bonds. The van der Waals surface area contributed by atoms with Crippen LogP contribution in [0.25, 0.3) is 0 Å². The first-order chi connectivity index (χ1) is 9.99. The molecule has 3 heterocycles. The number of imide groups is 1. The van der Waals surface area contributed by atoms with Crippen LogP contribution >= 0.6 is 23.2 Å². The van der Waals surface area contributed by atoms with Crippen molar-refractivity contribution < 1.29 is 14.3 Å². The largest absolute Gasteiger partial charge is 0.397 e. The van der Waals surface area contributed by atoms with Crippen molar-refractivity contribution in [3.05, 3.63) is 22.2 Å². The number of benzene rings is 1. The Morgan fingerprint density at radius 2 is 1.57 bits per heavy atom. The van der Waals surface area contributed by atoms with Crippen molar-refractivity contribution >= 4 is 46.4 Å². The molecule has 5 nitrogen and oxygen atoms in total. The summed E-state index contributed by atoms with van der Waals surface area (Å²) in [5.41, 5.74) is 6.49. The number of fused-ring (bicyclic) bond motifs is 5. The van der Waals surface area contributed by atoms with E-state index >= 15 is 0 Å². The summed E-state index contributed by atoms with van der Waals surface area (Å²) in [6.45, 7) is 0. The molecule has 2 bridgehead atoms. The Morgan fingerprint density at radius 1 is 1.05 bits per heavy atom. The van der Waals surface area contributed by atoms with Gasteiger partial charge in [0.2, 0.25) is 11.8 Å².